The largest absolute Gasteiger partial charge is 0.444 e. The molecule has 0 aliphatic carbocycles. The quantitative estimate of drug-likeness (QED) is 0.551. The number of nitrogens with one attached hydrogen (secondary N) is 4. The summed E-state index contributed by atoms with van der Waals surface area (Å²) in [6.45, 7) is 1.68. The minimum atomic E-state index is -1.00. The Balaban J connectivity index is 1.31. The number of imide groups is 1. The first-order chi connectivity index (χ1) is 15.0. The van der Waals surface area contributed by atoms with Crippen LogP contribution in [0.15, 0.2) is 35.7 Å². The predicted molar refractivity (Wildman–Crippen MR) is 112 cm³/mol. The second-order valence-electron chi connectivity index (χ2n) is 7.24. The van der Waals surface area contributed by atoms with Gasteiger partial charge in [-0.3, -0.25) is 25.6 Å². The first-order valence-electron chi connectivity index (χ1n) is 9.84. The fourth-order valence-electron chi connectivity index (χ4n) is 3.52. The average molecular weight is 447 g/mol. The van der Waals surface area contributed by atoms with E-state index in [0.29, 0.717) is 18.1 Å². The number of rotatable bonds is 5. The lowest BCUT2D eigenvalue weighted by atomic mass is 10.1. The summed E-state index contributed by atoms with van der Waals surface area (Å²) in [4.78, 5) is 37.1. The summed E-state index contributed by atoms with van der Waals surface area (Å²) in [5, 5.41) is 12.2. The Morgan fingerprint density at radius 2 is 2.10 bits per heavy atom. The van der Waals surface area contributed by atoms with Crippen LogP contribution in [0.4, 0.5) is 14.2 Å². The molecule has 4 rings (SSSR count). The van der Waals surface area contributed by atoms with E-state index in [0.717, 1.165) is 13.0 Å². The highest BCUT2D eigenvalue weighted by Gasteiger charge is 2.34. The van der Waals surface area contributed by atoms with E-state index in [-0.39, 0.29) is 35.7 Å². The van der Waals surface area contributed by atoms with Crippen molar-refractivity contribution in [2.45, 2.75) is 19.2 Å². The van der Waals surface area contributed by atoms with Gasteiger partial charge in [0.05, 0.1) is 17.6 Å². The Bertz CT molecular complexity index is 984. The molecule has 1 aromatic heterocycles. The summed E-state index contributed by atoms with van der Waals surface area (Å²) in [6.07, 6.45) is 0.221. The number of alkyl carbamates (subject to hydrolysis) is 1. The van der Waals surface area contributed by atoms with Gasteiger partial charge in [-0.25, -0.2) is 14.2 Å². The fraction of sp³-hybridized carbons (Fsp3) is 0.350. The van der Waals surface area contributed by atoms with Gasteiger partial charge in [0.15, 0.2) is 0 Å². The van der Waals surface area contributed by atoms with Crippen molar-refractivity contribution in [2.75, 3.05) is 25.0 Å². The molecule has 2 aromatic rings. The normalized spacial score (nSPS) is 20.7. The van der Waals surface area contributed by atoms with Crippen molar-refractivity contribution < 1.29 is 23.5 Å². The summed E-state index contributed by atoms with van der Waals surface area (Å²) in [7, 11) is 0. The number of thiophene rings is 1. The highest BCUT2D eigenvalue weighted by atomic mass is 32.1. The van der Waals surface area contributed by atoms with E-state index in [1.807, 2.05) is 5.01 Å². The van der Waals surface area contributed by atoms with Gasteiger partial charge in [-0.2, -0.15) is 0 Å². The number of benzene rings is 1. The van der Waals surface area contributed by atoms with Crippen molar-refractivity contribution in [1.82, 2.24) is 21.1 Å². The Hall–Kier alpha value is -2.86. The van der Waals surface area contributed by atoms with Gasteiger partial charge in [0.2, 0.25) is 5.91 Å². The second-order valence-corrected chi connectivity index (χ2v) is 8.16. The zero-order valence-electron chi connectivity index (χ0n) is 16.5. The number of anilines is 1. The lowest BCUT2D eigenvalue weighted by Crippen LogP contribution is -2.57. The van der Waals surface area contributed by atoms with Crippen LogP contribution >= 0.6 is 11.3 Å². The molecule has 31 heavy (non-hydrogen) atoms. The summed E-state index contributed by atoms with van der Waals surface area (Å²) in [6, 6.07) is 7.39. The number of ether oxygens (including phenoxy) is 1. The third-order valence-electron chi connectivity index (χ3n) is 5.18. The maximum atomic E-state index is 13.6. The molecule has 1 aromatic carbocycles. The smallest absolute Gasteiger partial charge is 0.414 e. The maximum Gasteiger partial charge on any atom is 0.414 e. The Morgan fingerprint density at radius 1 is 1.26 bits per heavy atom. The van der Waals surface area contributed by atoms with E-state index >= 15 is 0 Å². The minimum Gasteiger partial charge on any atom is -0.444 e. The zero-order chi connectivity index (χ0) is 21.8. The van der Waals surface area contributed by atoms with Crippen LogP contribution in [0.25, 0.3) is 0 Å². The highest BCUT2D eigenvalue weighted by molar-refractivity contribution is 7.14. The molecule has 2 unspecified atom stereocenters. The number of amides is 3. The zero-order valence-corrected chi connectivity index (χ0v) is 17.3. The molecule has 2 saturated heterocycles. The molecule has 3 heterocycles. The molecule has 2 atom stereocenters. The van der Waals surface area contributed by atoms with Gasteiger partial charge in [0.1, 0.15) is 17.4 Å². The van der Waals surface area contributed by atoms with Gasteiger partial charge in [-0.15, -0.1) is 11.3 Å². The molecule has 164 valence electrons. The van der Waals surface area contributed by atoms with E-state index < -0.39 is 17.8 Å². The van der Waals surface area contributed by atoms with Crippen molar-refractivity contribution in [3.63, 3.8) is 0 Å². The molecule has 2 fully saturated rings. The second kappa shape index (κ2) is 9.52. The van der Waals surface area contributed by atoms with E-state index in [4.69, 9.17) is 4.74 Å². The van der Waals surface area contributed by atoms with Gasteiger partial charge in [0.25, 0.3) is 5.91 Å². The Kier molecular flexibility index (Phi) is 6.56. The Morgan fingerprint density at radius 3 is 2.94 bits per heavy atom. The van der Waals surface area contributed by atoms with E-state index in [1.54, 1.807) is 11.4 Å². The molecule has 0 saturated carbocycles. The summed E-state index contributed by atoms with van der Waals surface area (Å²) < 4.78 is 18.5. The molecule has 3 amide bonds. The van der Waals surface area contributed by atoms with Crippen LogP contribution in [0.5, 0.6) is 0 Å². The molecule has 2 aliphatic rings. The fourth-order valence-corrected chi connectivity index (χ4v) is 4.31. The van der Waals surface area contributed by atoms with E-state index in [1.165, 1.54) is 35.6 Å². The number of fused-ring (bicyclic) bond motifs is 1. The molecule has 2 aliphatic heterocycles. The summed E-state index contributed by atoms with van der Waals surface area (Å²) in [5.74, 6) is -1.71. The van der Waals surface area contributed by atoms with Gasteiger partial charge >= 0.3 is 6.09 Å². The average Bonchev–Trinajstić information content (AvgIpc) is 3.41. The number of hydrogen-bond acceptors (Lipinski definition) is 8. The van der Waals surface area contributed by atoms with Crippen LogP contribution in [-0.2, 0) is 16.1 Å². The van der Waals surface area contributed by atoms with Crippen molar-refractivity contribution in [2.24, 2.45) is 5.92 Å². The third-order valence-corrected chi connectivity index (χ3v) is 6.01. The van der Waals surface area contributed by atoms with Crippen LogP contribution in [0.3, 0.4) is 0 Å². The molecule has 11 heteroatoms. The number of hydrogen-bond donors (Lipinski definition) is 4. The lowest BCUT2D eigenvalue weighted by Gasteiger charge is -2.34. The monoisotopic (exact) mass is 447 g/mol. The van der Waals surface area contributed by atoms with E-state index in [9.17, 15) is 18.8 Å². The molecular formula is C20H22FN5O4S. The Labute approximate surface area is 181 Å². The number of nitrogens with zero attached hydrogens (tertiary/aromatic N) is 1. The predicted octanol–water partition coefficient (Wildman–Crippen LogP) is 1.65. The van der Waals surface area contributed by atoms with Crippen molar-refractivity contribution >= 4 is 34.2 Å². The van der Waals surface area contributed by atoms with E-state index in [2.05, 4.69) is 21.4 Å². The maximum absolute atomic E-state index is 13.6. The molecule has 4 N–H and O–H groups in total. The molecule has 9 nitrogen and oxygen atoms in total. The van der Waals surface area contributed by atoms with Gasteiger partial charge < -0.3 is 10.1 Å². The van der Waals surface area contributed by atoms with Crippen molar-refractivity contribution in [3.8, 4) is 0 Å². The number of carbonyl (C=O) groups excluding carboxylic acids is 3. The molecular weight excluding hydrogens is 425 g/mol. The number of hydrazine groups is 1. The van der Waals surface area contributed by atoms with Crippen LogP contribution < -0.4 is 21.4 Å². The highest BCUT2D eigenvalue weighted by Crippen LogP contribution is 2.25. The first kappa shape index (κ1) is 21.4. The molecule has 0 bridgehead atoms. The SMILES string of the molecule is O=C(NC(=O)c1ccsc1NC(=O)C1CNC2CCNN2C1)OCc1ccccc1F. The molecule has 0 radical (unpaired) electrons. The topological polar surface area (TPSA) is 112 Å². The third kappa shape index (κ3) is 5.07. The van der Waals surface area contributed by atoms with Gasteiger partial charge in [-0.1, -0.05) is 18.2 Å². The minimum absolute atomic E-state index is 0.155. The first-order valence-corrected chi connectivity index (χ1v) is 10.7. The summed E-state index contributed by atoms with van der Waals surface area (Å²) >= 11 is 1.18. The number of halogens is 1. The van der Waals surface area contributed by atoms with Crippen LogP contribution in [0.2, 0.25) is 0 Å². The standard InChI is InChI=1S/C20H22FN5O4S/c21-15-4-2-1-3-12(15)11-30-20(29)25-18(28)14-6-8-31-19(14)24-17(27)13-9-22-16-5-7-23-26(16)10-13/h1-4,6,8,13,16,22-23H,5,7,9-11H2,(H,24,27)(H,25,28,29). The van der Waals surface area contributed by atoms with Crippen LogP contribution in [0, 0.1) is 11.7 Å². The van der Waals surface area contributed by atoms with Gasteiger partial charge in [-0.05, 0) is 23.9 Å². The van der Waals surface area contributed by atoms with Crippen LogP contribution in [0.1, 0.15) is 22.3 Å². The molecule has 0 spiro atoms. The van der Waals surface area contributed by atoms with Crippen molar-refractivity contribution in [1.29, 1.82) is 0 Å². The van der Waals surface area contributed by atoms with Crippen LogP contribution in [-0.4, -0.2) is 48.7 Å². The van der Waals surface area contributed by atoms with Crippen molar-refractivity contribution in [3.05, 3.63) is 52.7 Å². The summed E-state index contributed by atoms with van der Waals surface area (Å²) in [5.41, 5.74) is 3.59. The lowest BCUT2D eigenvalue weighted by molar-refractivity contribution is -0.122. The number of carbonyl (C=O) groups is 3. The van der Waals surface area contributed by atoms with Gasteiger partial charge in [0, 0.05) is 25.2 Å².